The first kappa shape index (κ1) is 45.6. The number of aryl methyl sites for hydroxylation is 2. The Kier molecular flexibility index (Phi) is 14.6. The third kappa shape index (κ3) is 11.2. The Hall–Kier alpha value is -6.39. The van der Waals surface area contributed by atoms with Gasteiger partial charge in [-0.25, -0.2) is 14.8 Å². The van der Waals surface area contributed by atoms with Crippen LogP contribution in [0.4, 0.5) is 24.7 Å². The zero-order valence-electron chi connectivity index (χ0n) is 35.1. The second-order valence-corrected chi connectivity index (χ2v) is 15.8. The number of alkyl halides is 3. The molecule has 4 amide bonds. The number of nitrogens with zero attached hydrogens (tertiary/aromatic N) is 6. The van der Waals surface area contributed by atoms with Crippen molar-refractivity contribution in [3.63, 3.8) is 0 Å². The van der Waals surface area contributed by atoms with Crippen LogP contribution in [0.3, 0.4) is 0 Å². The number of imidazole rings is 1. The maximum Gasteiger partial charge on any atom is 0.405 e. The fourth-order valence-corrected chi connectivity index (χ4v) is 8.10. The molecule has 6 N–H and O–H groups in total. The van der Waals surface area contributed by atoms with Crippen molar-refractivity contribution in [2.75, 3.05) is 56.7 Å². The normalized spacial score (nSPS) is 18.0. The minimum absolute atomic E-state index is 0.0109. The molecule has 5 aromatic rings. The lowest BCUT2D eigenvalue weighted by molar-refractivity contribution is -0.135. The van der Waals surface area contributed by atoms with E-state index in [0.717, 1.165) is 56.0 Å². The van der Waals surface area contributed by atoms with Gasteiger partial charge in [0.05, 0.1) is 42.6 Å². The highest BCUT2D eigenvalue weighted by atomic mass is 19.4. The molecule has 1 aliphatic carbocycles. The van der Waals surface area contributed by atoms with Crippen LogP contribution in [-0.2, 0) is 32.5 Å². The maximum absolute atomic E-state index is 13.2. The number of nitrogens with two attached hydrogens (primary N) is 1. The Bertz CT molecular complexity index is 2520. The number of benzene rings is 1. The number of para-hydroxylation sites is 1. The number of halogens is 3. The van der Waals surface area contributed by atoms with Crippen LogP contribution in [0.5, 0.6) is 0 Å². The van der Waals surface area contributed by atoms with E-state index in [4.69, 9.17) is 19.6 Å². The Labute approximate surface area is 364 Å². The number of nitrogens with one attached hydrogen (secondary N) is 4. The number of primary amides is 1. The van der Waals surface area contributed by atoms with E-state index >= 15 is 0 Å². The predicted molar refractivity (Wildman–Crippen MR) is 225 cm³/mol. The summed E-state index contributed by atoms with van der Waals surface area (Å²) in [6, 6.07) is 7.71. The van der Waals surface area contributed by atoms with Crippen LogP contribution in [-0.4, -0.2) is 105 Å². The van der Waals surface area contributed by atoms with E-state index in [2.05, 4.69) is 36.3 Å². The number of rotatable bonds is 20. The SMILES string of the molecule is Cn1c(=O)n(C2CCC(=O)NC2=O)c2cccc(CCCOCCOCCNC[C@H]3CC[C@H](n4cc(NC(=O)c5coc(-c6ccnc(NCC(F)(F)F)c6)n5)c(C(N)=O)n4)CC3)c21. The molecule has 0 bridgehead atoms. The van der Waals surface area contributed by atoms with Crippen molar-refractivity contribution < 1.29 is 46.2 Å². The van der Waals surface area contributed by atoms with Gasteiger partial charge in [0.1, 0.15) is 24.7 Å². The minimum Gasteiger partial charge on any atom is -0.444 e. The molecule has 0 spiro atoms. The van der Waals surface area contributed by atoms with Crippen molar-refractivity contribution in [2.45, 2.75) is 69.6 Å². The van der Waals surface area contributed by atoms with Gasteiger partial charge in [-0.1, -0.05) is 12.1 Å². The number of oxazole rings is 1. The largest absolute Gasteiger partial charge is 0.444 e. The van der Waals surface area contributed by atoms with Crippen molar-refractivity contribution >= 4 is 46.2 Å². The monoisotopic (exact) mass is 893 g/mol. The molecule has 2 fully saturated rings. The number of pyridine rings is 1. The Morgan fingerprint density at radius 2 is 1.81 bits per heavy atom. The lowest BCUT2D eigenvalue weighted by atomic mass is 9.86. The summed E-state index contributed by atoms with van der Waals surface area (Å²) in [5.74, 6) is -1.95. The van der Waals surface area contributed by atoms with Crippen molar-refractivity contribution in [3.05, 3.63) is 76.4 Å². The Morgan fingerprint density at radius 3 is 2.56 bits per heavy atom. The summed E-state index contributed by atoms with van der Waals surface area (Å²) >= 11 is 0. The lowest BCUT2D eigenvalue weighted by Gasteiger charge is -2.28. The fourth-order valence-electron chi connectivity index (χ4n) is 8.10. The molecule has 1 aliphatic heterocycles. The molecule has 7 rings (SSSR count). The Morgan fingerprint density at radius 1 is 1.03 bits per heavy atom. The standard InChI is InChI=1S/C42H50F3N11O8/c1-54-36-26(4-2-6-31(36)56(41(54)61)32-11-12-34(57)52-39(32)60)5-3-16-62-18-19-63-17-15-47-21-25-7-9-28(10-8-25)55-22-29(35(53-55)37(46)58)50-38(59)30-23-64-40(51-30)27-13-14-48-33(20-27)49-24-42(43,44)45/h2,4,6,13-14,20,22-23,25,28,32,47H,3,5,7-12,15-19,21,24H2,1H3,(H2,46,58)(H,48,49)(H,50,59)(H,52,57,60)/t25-,28-,32?. The van der Waals surface area contributed by atoms with Gasteiger partial charge in [-0.3, -0.25) is 38.3 Å². The summed E-state index contributed by atoms with van der Waals surface area (Å²) < 4.78 is 59.5. The van der Waals surface area contributed by atoms with Gasteiger partial charge < -0.3 is 35.6 Å². The van der Waals surface area contributed by atoms with Gasteiger partial charge in [-0.2, -0.15) is 18.3 Å². The van der Waals surface area contributed by atoms with Crippen molar-refractivity contribution in [1.29, 1.82) is 0 Å². The van der Waals surface area contributed by atoms with Crippen LogP contribution in [0.2, 0.25) is 0 Å². The van der Waals surface area contributed by atoms with Gasteiger partial charge in [0.25, 0.3) is 11.8 Å². The van der Waals surface area contributed by atoms with Gasteiger partial charge in [-0.05, 0) is 81.2 Å². The summed E-state index contributed by atoms with van der Waals surface area (Å²) in [6.07, 6.45) is 4.81. The molecule has 342 valence electrons. The van der Waals surface area contributed by atoms with E-state index in [9.17, 15) is 37.1 Å². The number of hydrogen-bond donors (Lipinski definition) is 5. The molecule has 2 aliphatic rings. The number of anilines is 2. The zero-order valence-corrected chi connectivity index (χ0v) is 35.1. The number of carbonyl (C=O) groups is 4. The highest BCUT2D eigenvalue weighted by Crippen LogP contribution is 2.33. The topological polar surface area (TPSA) is 245 Å². The van der Waals surface area contributed by atoms with Crippen LogP contribution in [0.15, 0.2) is 58.2 Å². The van der Waals surface area contributed by atoms with Crippen LogP contribution < -0.4 is 32.7 Å². The van der Waals surface area contributed by atoms with E-state index in [-0.39, 0.29) is 59.3 Å². The number of aromatic nitrogens is 6. The third-order valence-corrected chi connectivity index (χ3v) is 11.3. The quantitative estimate of drug-likeness (QED) is 0.0551. The molecule has 1 saturated carbocycles. The Balaban J connectivity index is 0.779. The number of hydrogen-bond acceptors (Lipinski definition) is 13. The zero-order chi connectivity index (χ0) is 45.4. The highest BCUT2D eigenvalue weighted by molar-refractivity contribution is 6.07. The molecule has 1 unspecified atom stereocenters. The van der Waals surface area contributed by atoms with Gasteiger partial charge in [0.15, 0.2) is 11.4 Å². The van der Waals surface area contributed by atoms with E-state index in [1.165, 1.54) is 22.9 Å². The number of ether oxygens (including phenoxy) is 2. The lowest BCUT2D eigenvalue weighted by Crippen LogP contribution is -2.44. The molecule has 19 nitrogen and oxygen atoms in total. The second-order valence-electron chi connectivity index (χ2n) is 15.8. The van der Waals surface area contributed by atoms with Crippen LogP contribution in [0.25, 0.3) is 22.5 Å². The second kappa shape index (κ2) is 20.4. The van der Waals surface area contributed by atoms with E-state index in [1.807, 2.05) is 18.2 Å². The van der Waals surface area contributed by atoms with Crippen molar-refractivity contribution in [3.8, 4) is 11.5 Å². The number of carbonyl (C=O) groups excluding carboxylic acids is 4. The third-order valence-electron chi connectivity index (χ3n) is 11.3. The predicted octanol–water partition coefficient (Wildman–Crippen LogP) is 3.88. The summed E-state index contributed by atoms with van der Waals surface area (Å²) in [7, 11) is 1.69. The molecule has 22 heteroatoms. The first-order chi connectivity index (χ1) is 30.8. The van der Waals surface area contributed by atoms with Gasteiger partial charge in [-0.15, -0.1) is 0 Å². The molecule has 1 aromatic carbocycles. The van der Waals surface area contributed by atoms with Crippen LogP contribution >= 0.6 is 0 Å². The highest BCUT2D eigenvalue weighted by Gasteiger charge is 2.32. The summed E-state index contributed by atoms with van der Waals surface area (Å²) in [4.78, 5) is 70.8. The van der Waals surface area contributed by atoms with E-state index < -0.39 is 36.5 Å². The fraction of sp³-hybridized carbons (Fsp3) is 0.476. The molecule has 4 aromatic heterocycles. The number of fused-ring (bicyclic) bond motifs is 1. The molecule has 1 atom stereocenters. The molecular formula is C42H50F3N11O8. The summed E-state index contributed by atoms with van der Waals surface area (Å²) in [5, 5.41) is 15.0. The number of piperidine rings is 1. The maximum atomic E-state index is 13.2. The molecule has 1 saturated heterocycles. The number of imide groups is 1. The molecule has 0 radical (unpaired) electrons. The molecule has 5 heterocycles. The minimum atomic E-state index is -4.44. The summed E-state index contributed by atoms with van der Waals surface area (Å²) in [5.41, 5.74) is 7.88. The molecule has 64 heavy (non-hydrogen) atoms. The van der Waals surface area contributed by atoms with Gasteiger partial charge in [0.2, 0.25) is 17.7 Å². The van der Waals surface area contributed by atoms with Gasteiger partial charge in [0, 0.05) is 44.6 Å². The van der Waals surface area contributed by atoms with Crippen molar-refractivity contribution in [2.24, 2.45) is 18.7 Å². The van der Waals surface area contributed by atoms with Gasteiger partial charge >= 0.3 is 11.9 Å². The number of amides is 4. The average Bonchev–Trinajstić information content (AvgIpc) is 4.00. The van der Waals surface area contributed by atoms with E-state index in [0.29, 0.717) is 56.4 Å². The van der Waals surface area contributed by atoms with E-state index in [1.54, 1.807) is 22.5 Å². The van der Waals surface area contributed by atoms with Crippen LogP contribution in [0.1, 0.15) is 83.6 Å². The molecular weight excluding hydrogens is 844 g/mol. The first-order valence-corrected chi connectivity index (χ1v) is 21.1. The summed E-state index contributed by atoms with van der Waals surface area (Å²) in [6.45, 7) is 2.16. The van der Waals surface area contributed by atoms with Crippen molar-refractivity contribution in [1.82, 2.24) is 39.5 Å². The van der Waals surface area contributed by atoms with Crippen LogP contribution in [0, 0.1) is 5.92 Å². The first-order valence-electron chi connectivity index (χ1n) is 21.1. The smallest absolute Gasteiger partial charge is 0.405 e. The average molecular weight is 894 g/mol.